The smallest absolute Gasteiger partial charge is 0.136 e. The van der Waals surface area contributed by atoms with Crippen LogP contribution in [-0.4, -0.2) is 0 Å². The van der Waals surface area contributed by atoms with E-state index < -0.39 is 0 Å². The molecule has 0 aliphatic heterocycles. The fraction of sp³-hybridized carbons (Fsp3) is 0. The van der Waals surface area contributed by atoms with Crippen molar-refractivity contribution in [2.24, 2.45) is 0 Å². The summed E-state index contributed by atoms with van der Waals surface area (Å²) in [4.78, 5) is 0. The molecule has 54 heavy (non-hydrogen) atoms. The number of rotatable bonds is 3. The van der Waals surface area contributed by atoms with Gasteiger partial charge in [0.2, 0.25) is 0 Å². The van der Waals surface area contributed by atoms with Gasteiger partial charge in [0.15, 0.2) is 0 Å². The number of fused-ring (bicyclic) bond motifs is 10. The normalized spacial score (nSPS) is 12.1. The van der Waals surface area contributed by atoms with Gasteiger partial charge in [-0.1, -0.05) is 133 Å². The Bertz CT molecular complexity index is 3430. The number of hydrogen-bond acceptors (Lipinski definition) is 2. The molecule has 2 heterocycles. The van der Waals surface area contributed by atoms with Crippen molar-refractivity contribution in [1.82, 2.24) is 0 Å². The first-order valence-corrected chi connectivity index (χ1v) is 19.3. The molecule has 2 heteroatoms. The van der Waals surface area contributed by atoms with Crippen molar-refractivity contribution in [2.45, 2.75) is 0 Å². The van der Waals surface area contributed by atoms with Crippen LogP contribution in [0.5, 0.6) is 0 Å². The SMILES string of the molecule is c1ccc2cc3c(cc2c1)oc1cc2cc(-c4ccc(-c5c6ccccc6c(-c6ccc7sc8ccccc8c7c6)c6ccccc56)cc4)ccc2cc13. The van der Waals surface area contributed by atoms with Gasteiger partial charge in [-0.25, -0.2) is 0 Å². The third-order valence-electron chi connectivity index (χ3n) is 11.4. The quantitative estimate of drug-likeness (QED) is 0.167. The molecule has 1 nitrogen and oxygen atoms in total. The molecule has 0 radical (unpaired) electrons. The number of benzene rings is 10. The fourth-order valence-corrected chi connectivity index (χ4v) is 9.93. The second-order valence-corrected chi connectivity index (χ2v) is 15.5. The van der Waals surface area contributed by atoms with E-state index in [1.807, 2.05) is 11.3 Å². The molecule has 0 atom stereocenters. The molecular formula is C52H30OS. The van der Waals surface area contributed by atoms with E-state index in [2.05, 4.69) is 182 Å². The summed E-state index contributed by atoms with van der Waals surface area (Å²) in [6.07, 6.45) is 0. The Morgan fingerprint density at radius 1 is 0.278 bits per heavy atom. The maximum atomic E-state index is 6.42. The highest BCUT2D eigenvalue weighted by atomic mass is 32.1. The third-order valence-corrected chi connectivity index (χ3v) is 12.6. The number of hydrogen-bond donors (Lipinski definition) is 0. The molecular weight excluding hydrogens is 673 g/mol. The van der Waals surface area contributed by atoms with E-state index in [0.717, 1.165) is 21.9 Å². The lowest BCUT2D eigenvalue weighted by Crippen LogP contribution is -1.91. The topological polar surface area (TPSA) is 13.1 Å². The van der Waals surface area contributed by atoms with Gasteiger partial charge < -0.3 is 4.42 Å². The monoisotopic (exact) mass is 702 g/mol. The summed E-state index contributed by atoms with van der Waals surface area (Å²) in [5, 5.41) is 14.9. The summed E-state index contributed by atoms with van der Waals surface area (Å²) < 4.78 is 9.08. The van der Waals surface area contributed by atoms with E-state index in [1.165, 1.54) is 96.6 Å². The average molecular weight is 703 g/mol. The van der Waals surface area contributed by atoms with Crippen molar-refractivity contribution >= 4 is 96.5 Å². The Kier molecular flexibility index (Phi) is 6.28. The molecule has 0 N–H and O–H groups in total. The van der Waals surface area contributed by atoms with Crippen molar-refractivity contribution in [1.29, 1.82) is 0 Å². The maximum Gasteiger partial charge on any atom is 0.136 e. The van der Waals surface area contributed by atoms with Crippen LogP contribution in [0.3, 0.4) is 0 Å². The zero-order valence-corrected chi connectivity index (χ0v) is 30.0. The summed E-state index contributed by atoms with van der Waals surface area (Å²) in [7, 11) is 0. The highest BCUT2D eigenvalue weighted by Crippen LogP contribution is 2.46. The van der Waals surface area contributed by atoms with Gasteiger partial charge in [-0.15, -0.1) is 11.3 Å². The fourth-order valence-electron chi connectivity index (χ4n) is 8.85. The molecule has 12 aromatic rings. The highest BCUT2D eigenvalue weighted by molar-refractivity contribution is 7.25. The van der Waals surface area contributed by atoms with E-state index in [0.29, 0.717) is 0 Å². The largest absolute Gasteiger partial charge is 0.456 e. The first kappa shape index (κ1) is 29.8. The van der Waals surface area contributed by atoms with Gasteiger partial charge in [-0.05, 0) is 125 Å². The maximum absolute atomic E-state index is 6.42. The molecule has 0 saturated heterocycles. The minimum Gasteiger partial charge on any atom is -0.456 e. The Morgan fingerprint density at radius 3 is 1.44 bits per heavy atom. The van der Waals surface area contributed by atoms with Gasteiger partial charge >= 0.3 is 0 Å². The summed E-state index contributed by atoms with van der Waals surface area (Å²) >= 11 is 1.87. The Labute approximate surface area is 314 Å². The summed E-state index contributed by atoms with van der Waals surface area (Å²) in [5.74, 6) is 0. The predicted molar refractivity (Wildman–Crippen MR) is 233 cm³/mol. The first-order chi connectivity index (χ1) is 26.7. The van der Waals surface area contributed by atoms with Crippen LogP contribution < -0.4 is 0 Å². The van der Waals surface area contributed by atoms with E-state index in [-0.39, 0.29) is 0 Å². The zero-order chi connectivity index (χ0) is 35.3. The molecule has 0 saturated carbocycles. The van der Waals surface area contributed by atoms with Crippen molar-refractivity contribution < 1.29 is 4.42 Å². The first-order valence-electron chi connectivity index (χ1n) is 18.5. The predicted octanol–water partition coefficient (Wildman–Crippen LogP) is 15.6. The molecule has 12 rings (SSSR count). The minimum atomic E-state index is 0.922. The lowest BCUT2D eigenvalue weighted by molar-refractivity contribution is 0.670. The van der Waals surface area contributed by atoms with Crippen LogP contribution in [0, 0.1) is 0 Å². The average Bonchev–Trinajstić information content (AvgIpc) is 3.77. The van der Waals surface area contributed by atoms with Crippen molar-refractivity contribution in [3.63, 3.8) is 0 Å². The second-order valence-electron chi connectivity index (χ2n) is 14.4. The Morgan fingerprint density at radius 2 is 0.759 bits per heavy atom. The summed E-state index contributed by atoms with van der Waals surface area (Å²) in [6, 6.07) is 66.9. The Hall–Kier alpha value is -6.74. The third kappa shape index (κ3) is 4.44. The lowest BCUT2D eigenvalue weighted by Gasteiger charge is -2.18. The standard InChI is InChI=1S/C52H30OS/c1-2-10-34-29-47-44(26-33(34)9-1)45-27-36-22-21-35(25-38(36)30-48(45)53-47)31-17-19-32(20-18-31)51-40-12-3-5-14-42(40)52(43-15-6-4-13-41(43)51)37-23-24-50-46(28-37)39-11-7-8-16-49(39)54-50/h1-30H. The highest BCUT2D eigenvalue weighted by Gasteiger charge is 2.18. The minimum absolute atomic E-state index is 0.922. The van der Waals surface area contributed by atoms with Gasteiger partial charge in [0.05, 0.1) is 0 Å². The Balaban J connectivity index is 0.977. The van der Waals surface area contributed by atoms with Crippen LogP contribution in [-0.2, 0) is 0 Å². The molecule has 250 valence electrons. The molecule has 0 amide bonds. The van der Waals surface area contributed by atoms with E-state index in [1.54, 1.807) is 0 Å². The number of thiophene rings is 1. The van der Waals surface area contributed by atoms with Crippen LogP contribution in [0.15, 0.2) is 186 Å². The van der Waals surface area contributed by atoms with Crippen LogP contribution >= 0.6 is 11.3 Å². The van der Waals surface area contributed by atoms with Gasteiger partial charge in [0.25, 0.3) is 0 Å². The molecule has 0 fully saturated rings. The van der Waals surface area contributed by atoms with E-state index in [4.69, 9.17) is 4.42 Å². The zero-order valence-electron chi connectivity index (χ0n) is 29.1. The molecule has 0 bridgehead atoms. The lowest BCUT2D eigenvalue weighted by atomic mass is 9.85. The molecule has 0 aliphatic rings. The van der Waals surface area contributed by atoms with Crippen LogP contribution in [0.2, 0.25) is 0 Å². The van der Waals surface area contributed by atoms with Crippen molar-refractivity contribution in [2.75, 3.05) is 0 Å². The van der Waals surface area contributed by atoms with E-state index in [9.17, 15) is 0 Å². The van der Waals surface area contributed by atoms with Gasteiger partial charge in [-0.2, -0.15) is 0 Å². The molecule has 0 unspecified atom stereocenters. The van der Waals surface area contributed by atoms with Crippen molar-refractivity contribution in [3.8, 4) is 33.4 Å². The summed E-state index contributed by atoms with van der Waals surface area (Å²) in [5.41, 5.74) is 9.28. The molecule has 10 aromatic carbocycles. The summed E-state index contributed by atoms with van der Waals surface area (Å²) in [6.45, 7) is 0. The molecule has 0 aliphatic carbocycles. The molecule has 0 spiro atoms. The van der Waals surface area contributed by atoms with E-state index >= 15 is 0 Å². The number of furan rings is 1. The van der Waals surface area contributed by atoms with Crippen LogP contribution in [0.4, 0.5) is 0 Å². The van der Waals surface area contributed by atoms with Crippen LogP contribution in [0.1, 0.15) is 0 Å². The van der Waals surface area contributed by atoms with Gasteiger partial charge in [0.1, 0.15) is 11.2 Å². The van der Waals surface area contributed by atoms with Gasteiger partial charge in [0, 0.05) is 30.9 Å². The van der Waals surface area contributed by atoms with Crippen molar-refractivity contribution in [3.05, 3.63) is 182 Å². The van der Waals surface area contributed by atoms with Crippen LogP contribution in [0.25, 0.3) is 119 Å². The molecule has 2 aromatic heterocycles. The van der Waals surface area contributed by atoms with Gasteiger partial charge in [-0.3, -0.25) is 0 Å². The second kappa shape index (κ2) is 11.4.